The molecule has 0 fully saturated rings. The van der Waals surface area contributed by atoms with Gasteiger partial charge in [-0.15, -0.1) is 0 Å². The van der Waals surface area contributed by atoms with Crippen LogP contribution in [0.1, 0.15) is 0 Å². The number of alkyl halides is 16. The average molecular weight is 450 g/mol. The predicted molar refractivity (Wildman–Crippen MR) is 46.1 cm³/mol. The van der Waals surface area contributed by atoms with Crippen LogP contribution in [-0.2, 0) is 0 Å². The summed E-state index contributed by atoms with van der Waals surface area (Å²) in [6.45, 7) is 0. The largest absolute Gasteiger partial charge is 0.460 e. The molecule has 0 amide bonds. The highest BCUT2D eigenvalue weighted by Gasteiger charge is 2.88. The summed E-state index contributed by atoms with van der Waals surface area (Å²) < 4.78 is 222. The van der Waals surface area contributed by atoms with Crippen molar-refractivity contribution in [3.8, 4) is 0 Å². The summed E-state index contributed by atoms with van der Waals surface area (Å²) in [5.74, 6) is -50.6. The van der Waals surface area contributed by atoms with E-state index in [-0.39, 0.29) is 0 Å². The fourth-order valence-electron chi connectivity index (χ4n) is 1.11. The van der Waals surface area contributed by atoms with E-state index in [1.165, 1.54) is 0 Å². The first-order chi connectivity index (χ1) is 11.3. The summed E-state index contributed by atoms with van der Waals surface area (Å²) >= 11 is 0. The quantitative estimate of drug-likeness (QED) is 0.424. The molecule has 27 heavy (non-hydrogen) atoms. The molecule has 0 saturated carbocycles. The maximum Gasteiger partial charge on any atom is 0.460 e. The maximum absolute atomic E-state index is 12.9. The third-order valence-electron chi connectivity index (χ3n) is 2.64. The van der Waals surface area contributed by atoms with Crippen molar-refractivity contribution in [2.24, 2.45) is 0 Å². The lowest BCUT2D eigenvalue weighted by Gasteiger charge is -2.36. The number of hydrogen-bond acceptors (Lipinski definition) is 0. The minimum Gasteiger partial charge on any atom is -0.202 e. The minimum absolute atomic E-state index is 5.16. The SMILES string of the molecule is F/C(=C(/F)C(F)(F)C(F)(F)C(F)(F)C(F)(F)C(F)(F)F)C(F)(F)C(F)(F)F. The molecule has 0 aromatic rings. The maximum atomic E-state index is 12.9. The molecular formula is C9F18. The standard InChI is InChI=1S/C9F18/c10-1(2(11)4(14,15)8(22,23)24)3(12,13)5(16,17)6(18,19)7(20,21)9(25,26)27/b2-1+. The highest BCUT2D eigenvalue weighted by molar-refractivity contribution is 5.24. The Labute approximate surface area is 134 Å². The van der Waals surface area contributed by atoms with Crippen LogP contribution in [0.5, 0.6) is 0 Å². The van der Waals surface area contributed by atoms with Gasteiger partial charge in [-0.05, 0) is 0 Å². The van der Waals surface area contributed by atoms with E-state index in [2.05, 4.69) is 0 Å². The van der Waals surface area contributed by atoms with Gasteiger partial charge in [0.2, 0.25) is 11.7 Å². The molecule has 0 bridgehead atoms. The number of hydrogen-bond donors (Lipinski definition) is 0. The van der Waals surface area contributed by atoms with Crippen LogP contribution in [0.2, 0.25) is 0 Å². The van der Waals surface area contributed by atoms with Gasteiger partial charge in [-0.3, -0.25) is 0 Å². The van der Waals surface area contributed by atoms with Crippen LogP contribution in [0.4, 0.5) is 79.0 Å². The summed E-state index contributed by atoms with van der Waals surface area (Å²) in [6.07, 6.45) is -15.0. The first kappa shape index (κ1) is 25.5. The van der Waals surface area contributed by atoms with E-state index >= 15 is 0 Å². The topological polar surface area (TPSA) is 0 Å². The van der Waals surface area contributed by atoms with E-state index in [1.54, 1.807) is 0 Å². The highest BCUT2D eigenvalue weighted by atomic mass is 19.4. The molecule has 0 nitrogen and oxygen atoms in total. The molecule has 18 heteroatoms. The lowest BCUT2D eigenvalue weighted by Crippen LogP contribution is -2.66. The molecule has 162 valence electrons. The van der Waals surface area contributed by atoms with E-state index in [0.29, 0.717) is 0 Å². The summed E-state index contributed by atoms with van der Waals surface area (Å²) in [4.78, 5) is 0. The van der Waals surface area contributed by atoms with E-state index in [1.807, 2.05) is 0 Å². The van der Waals surface area contributed by atoms with Crippen molar-refractivity contribution in [1.29, 1.82) is 0 Å². The zero-order valence-corrected chi connectivity index (χ0v) is 11.3. The van der Waals surface area contributed by atoms with Crippen molar-refractivity contribution in [1.82, 2.24) is 0 Å². The van der Waals surface area contributed by atoms with Crippen molar-refractivity contribution in [3.63, 3.8) is 0 Å². The van der Waals surface area contributed by atoms with Crippen LogP contribution in [0.15, 0.2) is 11.7 Å². The zero-order chi connectivity index (χ0) is 22.7. The summed E-state index contributed by atoms with van der Waals surface area (Å²) in [5.41, 5.74) is 0. The van der Waals surface area contributed by atoms with Crippen molar-refractivity contribution < 1.29 is 79.0 Å². The molecule has 0 aromatic carbocycles. The minimum atomic E-state index is -8.33. The lowest BCUT2D eigenvalue weighted by atomic mass is 9.96. The van der Waals surface area contributed by atoms with Crippen molar-refractivity contribution in [2.75, 3.05) is 0 Å². The van der Waals surface area contributed by atoms with Crippen LogP contribution < -0.4 is 0 Å². The molecule has 0 heterocycles. The zero-order valence-electron chi connectivity index (χ0n) is 11.3. The summed E-state index contributed by atoms with van der Waals surface area (Å²) in [7, 11) is 0. The van der Waals surface area contributed by atoms with E-state index in [4.69, 9.17) is 0 Å². The third-order valence-corrected chi connectivity index (χ3v) is 2.64. The molecule has 0 aliphatic heterocycles. The molecule has 0 N–H and O–H groups in total. The highest BCUT2D eigenvalue weighted by Crippen LogP contribution is 2.60. The molecule has 0 atom stereocenters. The molecular weight excluding hydrogens is 450 g/mol. The van der Waals surface area contributed by atoms with Crippen LogP contribution in [0, 0.1) is 0 Å². The molecule has 0 spiro atoms. The molecule has 0 unspecified atom stereocenters. The van der Waals surface area contributed by atoms with Crippen molar-refractivity contribution in [3.05, 3.63) is 11.7 Å². The third kappa shape index (κ3) is 3.50. The van der Waals surface area contributed by atoms with Crippen LogP contribution in [0.25, 0.3) is 0 Å². The fourth-order valence-corrected chi connectivity index (χ4v) is 1.11. The van der Waals surface area contributed by atoms with Gasteiger partial charge in [0, 0.05) is 0 Å². The number of halogens is 18. The molecule has 0 rings (SSSR count). The Kier molecular flexibility index (Phi) is 5.90. The second-order valence-corrected chi connectivity index (χ2v) is 4.50. The normalized spacial score (nSPS) is 17.1. The van der Waals surface area contributed by atoms with Gasteiger partial charge in [0.15, 0.2) is 0 Å². The van der Waals surface area contributed by atoms with Gasteiger partial charge < -0.3 is 0 Å². The van der Waals surface area contributed by atoms with Crippen LogP contribution in [-0.4, -0.2) is 42.0 Å². The lowest BCUT2D eigenvalue weighted by molar-refractivity contribution is -0.419. The monoisotopic (exact) mass is 450 g/mol. The number of allylic oxidation sites excluding steroid dienone is 2. The van der Waals surface area contributed by atoms with Gasteiger partial charge in [-0.2, -0.15) is 70.2 Å². The second-order valence-electron chi connectivity index (χ2n) is 4.50. The average Bonchev–Trinajstić information content (AvgIpc) is 2.42. The van der Waals surface area contributed by atoms with Crippen LogP contribution >= 0.6 is 0 Å². The van der Waals surface area contributed by atoms with Gasteiger partial charge in [-0.1, -0.05) is 0 Å². The van der Waals surface area contributed by atoms with Crippen molar-refractivity contribution in [2.45, 2.75) is 42.0 Å². The van der Waals surface area contributed by atoms with E-state index in [0.717, 1.165) is 0 Å². The fraction of sp³-hybridized carbons (Fsp3) is 0.778. The Balaban J connectivity index is 6.63. The Morgan fingerprint density at radius 1 is 0.333 bits per heavy atom. The van der Waals surface area contributed by atoms with Crippen LogP contribution in [0.3, 0.4) is 0 Å². The van der Waals surface area contributed by atoms with Gasteiger partial charge >= 0.3 is 42.0 Å². The Morgan fingerprint density at radius 2 is 0.630 bits per heavy atom. The van der Waals surface area contributed by atoms with E-state index < -0.39 is 53.6 Å². The first-order valence-corrected chi connectivity index (χ1v) is 5.40. The van der Waals surface area contributed by atoms with Crippen molar-refractivity contribution >= 4 is 0 Å². The predicted octanol–water partition coefficient (Wildman–Crippen LogP) is 6.44. The second kappa shape index (κ2) is 6.25. The number of rotatable bonds is 5. The molecule has 0 aliphatic carbocycles. The van der Waals surface area contributed by atoms with Gasteiger partial charge in [0.25, 0.3) is 0 Å². The Morgan fingerprint density at radius 3 is 0.889 bits per heavy atom. The first-order valence-electron chi connectivity index (χ1n) is 5.40. The summed E-state index contributed by atoms with van der Waals surface area (Å²) in [5, 5.41) is 0. The Bertz CT molecular complexity index is 585. The smallest absolute Gasteiger partial charge is 0.202 e. The van der Waals surface area contributed by atoms with Gasteiger partial charge in [0.05, 0.1) is 0 Å². The Hall–Kier alpha value is -1.52. The molecule has 0 aliphatic rings. The van der Waals surface area contributed by atoms with Gasteiger partial charge in [0.1, 0.15) is 0 Å². The molecule has 0 radical (unpaired) electrons. The van der Waals surface area contributed by atoms with Gasteiger partial charge in [-0.25, -0.2) is 8.78 Å². The van der Waals surface area contributed by atoms with E-state index in [9.17, 15) is 79.0 Å². The molecule has 0 aromatic heterocycles. The molecule has 0 saturated heterocycles. The summed E-state index contributed by atoms with van der Waals surface area (Å²) in [6, 6.07) is 0.